The van der Waals surface area contributed by atoms with Crippen molar-refractivity contribution in [1.82, 2.24) is 10.6 Å². The van der Waals surface area contributed by atoms with Crippen LogP contribution in [0.3, 0.4) is 0 Å². The largest absolute Gasteiger partial charge is 0.480 e. The fourth-order valence-electron chi connectivity index (χ4n) is 1.87. The van der Waals surface area contributed by atoms with Crippen molar-refractivity contribution in [2.75, 3.05) is 0 Å². The number of carboxylic acids is 1. The molecule has 0 saturated heterocycles. The third-order valence-electron chi connectivity index (χ3n) is 3.06. The van der Waals surface area contributed by atoms with Crippen LogP contribution in [0, 0.1) is 11.6 Å². The molecule has 1 aromatic rings. The van der Waals surface area contributed by atoms with Gasteiger partial charge >= 0.3 is 12.0 Å². The normalized spacial score (nSPS) is 13.3. The molecule has 0 aromatic heterocycles. The van der Waals surface area contributed by atoms with Crippen molar-refractivity contribution in [2.45, 2.75) is 38.8 Å². The molecular weight excluding hydrogens is 282 g/mol. The Morgan fingerprint density at radius 1 is 1.33 bits per heavy atom. The quantitative estimate of drug-likeness (QED) is 0.755. The molecule has 3 N–H and O–H groups in total. The zero-order valence-electron chi connectivity index (χ0n) is 11.9. The molecule has 2 amide bonds. The van der Waals surface area contributed by atoms with Gasteiger partial charge in [0, 0.05) is 12.1 Å². The molecule has 0 aliphatic rings. The van der Waals surface area contributed by atoms with Gasteiger partial charge in [0.2, 0.25) is 0 Å². The van der Waals surface area contributed by atoms with Crippen LogP contribution < -0.4 is 10.6 Å². The van der Waals surface area contributed by atoms with Crippen molar-refractivity contribution in [3.8, 4) is 0 Å². The first kappa shape index (κ1) is 16.9. The molecule has 1 atom stereocenters. The summed E-state index contributed by atoms with van der Waals surface area (Å²) in [4.78, 5) is 22.9. The summed E-state index contributed by atoms with van der Waals surface area (Å²) in [5.41, 5.74) is -1.42. The average Bonchev–Trinajstić information content (AvgIpc) is 2.40. The van der Waals surface area contributed by atoms with E-state index in [2.05, 4.69) is 10.6 Å². The maximum Gasteiger partial charge on any atom is 0.329 e. The fraction of sp³-hybridized carbons (Fsp3) is 0.429. The summed E-state index contributed by atoms with van der Waals surface area (Å²) < 4.78 is 26.4. The highest BCUT2D eigenvalue weighted by molar-refractivity contribution is 5.85. The molecule has 0 fully saturated rings. The minimum Gasteiger partial charge on any atom is -0.480 e. The van der Waals surface area contributed by atoms with E-state index in [1.54, 1.807) is 6.92 Å². The zero-order chi connectivity index (χ0) is 16.0. The van der Waals surface area contributed by atoms with Crippen molar-refractivity contribution in [3.63, 3.8) is 0 Å². The lowest BCUT2D eigenvalue weighted by Gasteiger charge is -2.25. The first-order chi connectivity index (χ1) is 9.78. The number of carboxylic acid groups (broad SMARTS) is 1. The van der Waals surface area contributed by atoms with Gasteiger partial charge in [-0.05, 0) is 31.5 Å². The van der Waals surface area contributed by atoms with Gasteiger partial charge in [-0.2, -0.15) is 0 Å². The monoisotopic (exact) mass is 300 g/mol. The van der Waals surface area contributed by atoms with Crippen LogP contribution in [-0.2, 0) is 11.3 Å². The Balaban J connectivity index is 2.65. The van der Waals surface area contributed by atoms with E-state index in [1.807, 2.05) is 0 Å². The molecule has 7 heteroatoms. The number of urea groups is 1. The summed E-state index contributed by atoms with van der Waals surface area (Å²) >= 11 is 0. The van der Waals surface area contributed by atoms with Gasteiger partial charge < -0.3 is 15.7 Å². The Morgan fingerprint density at radius 3 is 2.57 bits per heavy atom. The molecule has 1 unspecified atom stereocenters. The Labute approximate surface area is 121 Å². The summed E-state index contributed by atoms with van der Waals surface area (Å²) in [6.45, 7) is 2.95. The molecule has 116 valence electrons. The van der Waals surface area contributed by atoms with Crippen molar-refractivity contribution < 1.29 is 23.5 Å². The van der Waals surface area contributed by atoms with Gasteiger partial charge in [-0.15, -0.1) is 0 Å². The number of amides is 2. The van der Waals surface area contributed by atoms with Crippen molar-refractivity contribution in [1.29, 1.82) is 0 Å². The van der Waals surface area contributed by atoms with E-state index in [9.17, 15) is 18.4 Å². The number of carbonyl (C=O) groups is 2. The molecule has 1 rings (SSSR count). The van der Waals surface area contributed by atoms with Gasteiger partial charge in [0.15, 0.2) is 0 Å². The molecule has 0 aliphatic carbocycles. The molecule has 0 saturated carbocycles. The minimum atomic E-state index is -1.40. The van der Waals surface area contributed by atoms with Crippen molar-refractivity contribution in [3.05, 3.63) is 35.4 Å². The number of halogens is 2. The Bertz CT molecular complexity index is 537. The van der Waals surface area contributed by atoms with Crippen molar-refractivity contribution >= 4 is 12.0 Å². The molecule has 0 spiro atoms. The smallest absolute Gasteiger partial charge is 0.329 e. The standard InChI is InChI=1S/C14H18F2N2O3/c1-3-6-14(2,12(19)20)18-13(21)17-8-9-7-10(15)4-5-11(9)16/h4-5,7H,3,6,8H2,1-2H3,(H,19,20)(H2,17,18,21). The minimum absolute atomic E-state index is 0.0160. The average molecular weight is 300 g/mol. The number of hydrogen-bond donors (Lipinski definition) is 3. The molecule has 5 nitrogen and oxygen atoms in total. The van der Waals surface area contributed by atoms with Crippen LogP contribution >= 0.6 is 0 Å². The molecule has 0 aliphatic heterocycles. The van der Waals surface area contributed by atoms with E-state index in [0.29, 0.717) is 6.42 Å². The molecule has 0 heterocycles. The van der Waals surface area contributed by atoms with Crippen LogP contribution in [0.2, 0.25) is 0 Å². The van der Waals surface area contributed by atoms with Crippen LogP contribution in [0.4, 0.5) is 13.6 Å². The summed E-state index contributed by atoms with van der Waals surface area (Å²) in [7, 11) is 0. The second-order valence-corrected chi connectivity index (χ2v) is 4.93. The van der Waals surface area contributed by atoms with Gasteiger partial charge in [0.05, 0.1) is 0 Å². The molecule has 21 heavy (non-hydrogen) atoms. The van der Waals surface area contributed by atoms with Crippen LogP contribution in [0.15, 0.2) is 18.2 Å². The van der Waals surface area contributed by atoms with Crippen LogP contribution in [0.5, 0.6) is 0 Å². The third-order valence-corrected chi connectivity index (χ3v) is 3.06. The predicted molar refractivity (Wildman–Crippen MR) is 72.7 cm³/mol. The Morgan fingerprint density at radius 2 is 2.00 bits per heavy atom. The first-order valence-electron chi connectivity index (χ1n) is 6.52. The molecule has 0 radical (unpaired) electrons. The number of carbonyl (C=O) groups excluding carboxylic acids is 1. The van der Waals surface area contributed by atoms with E-state index >= 15 is 0 Å². The van der Waals surface area contributed by atoms with E-state index in [1.165, 1.54) is 6.92 Å². The SMILES string of the molecule is CCCC(C)(NC(=O)NCc1cc(F)ccc1F)C(=O)O. The number of aliphatic carboxylic acids is 1. The van der Waals surface area contributed by atoms with E-state index in [4.69, 9.17) is 5.11 Å². The van der Waals surface area contributed by atoms with Crippen LogP contribution in [0.1, 0.15) is 32.3 Å². The topological polar surface area (TPSA) is 78.4 Å². The lowest BCUT2D eigenvalue weighted by molar-refractivity contribution is -0.144. The van der Waals surface area contributed by atoms with Crippen molar-refractivity contribution in [2.24, 2.45) is 0 Å². The number of hydrogen-bond acceptors (Lipinski definition) is 2. The third kappa shape index (κ3) is 4.70. The number of benzene rings is 1. The van der Waals surface area contributed by atoms with E-state index < -0.39 is 29.2 Å². The van der Waals surface area contributed by atoms with Gasteiger partial charge in [-0.25, -0.2) is 18.4 Å². The van der Waals surface area contributed by atoms with Gasteiger partial charge in [0.1, 0.15) is 17.2 Å². The number of nitrogens with one attached hydrogen (secondary N) is 2. The van der Waals surface area contributed by atoms with E-state index in [0.717, 1.165) is 18.2 Å². The van der Waals surface area contributed by atoms with Gasteiger partial charge in [-0.1, -0.05) is 13.3 Å². The molecular formula is C14H18F2N2O3. The van der Waals surface area contributed by atoms with Gasteiger partial charge in [-0.3, -0.25) is 0 Å². The van der Waals surface area contributed by atoms with Gasteiger partial charge in [0.25, 0.3) is 0 Å². The Kier molecular flexibility index (Phi) is 5.63. The molecule has 0 bridgehead atoms. The lowest BCUT2D eigenvalue weighted by atomic mass is 9.97. The summed E-state index contributed by atoms with van der Waals surface area (Å²) in [5, 5.41) is 13.8. The lowest BCUT2D eigenvalue weighted by Crippen LogP contribution is -2.55. The maximum absolute atomic E-state index is 13.4. The maximum atomic E-state index is 13.4. The summed E-state index contributed by atoms with van der Waals surface area (Å²) in [6, 6.07) is 2.15. The second kappa shape index (κ2) is 7.01. The summed E-state index contributed by atoms with van der Waals surface area (Å²) in [6.07, 6.45) is 0.825. The second-order valence-electron chi connectivity index (χ2n) is 4.93. The highest BCUT2D eigenvalue weighted by Gasteiger charge is 2.33. The molecule has 1 aromatic carbocycles. The van der Waals surface area contributed by atoms with Crippen LogP contribution in [-0.4, -0.2) is 22.6 Å². The fourth-order valence-corrected chi connectivity index (χ4v) is 1.87. The highest BCUT2D eigenvalue weighted by Crippen LogP contribution is 2.13. The first-order valence-corrected chi connectivity index (χ1v) is 6.52. The highest BCUT2D eigenvalue weighted by atomic mass is 19.1. The number of rotatable bonds is 6. The predicted octanol–water partition coefficient (Wildman–Crippen LogP) is 2.41. The van der Waals surface area contributed by atoms with Crippen LogP contribution in [0.25, 0.3) is 0 Å². The Hall–Kier alpha value is -2.18. The van der Waals surface area contributed by atoms with E-state index in [-0.39, 0.29) is 18.5 Å². The summed E-state index contributed by atoms with van der Waals surface area (Å²) in [5.74, 6) is -2.42. The zero-order valence-corrected chi connectivity index (χ0v) is 11.9.